The molecule has 0 aliphatic rings. The summed E-state index contributed by atoms with van der Waals surface area (Å²) in [4.78, 5) is 3.20. The van der Waals surface area contributed by atoms with Crippen LogP contribution < -0.4 is 4.74 Å². The zero-order chi connectivity index (χ0) is 10.6. The van der Waals surface area contributed by atoms with Gasteiger partial charge in [-0.05, 0) is 24.6 Å². The van der Waals surface area contributed by atoms with Gasteiger partial charge in [-0.2, -0.15) is 0 Å². The maximum atomic E-state index is 13.4. The van der Waals surface area contributed by atoms with Crippen molar-refractivity contribution in [3.63, 3.8) is 0 Å². The van der Waals surface area contributed by atoms with Gasteiger partial charge in [-0.3, -0.25) is 0 Å². The van der Waals surface area contributed by atoms with Gasteiger partial charge in [-0.1, -0.05) is 0 Å². The van der Waals surface area contributed by atoms with Crippen LogP contribution in [0, 0.1) is 19.3 Å². The molecule has 0 N–H and O–H groups in total. The smallest absolute Gasteiger partial charge is 0.218 e. The first kappa shape index (κ1) is 10.5. The Labute approximate surface area is 83.1 Å². The molecule has 0 saturated heterocycles. The minimum absolute atomic E-state index is 0.287. The molecule has 0 unspecified atom stereocenters. The SMILES string of the molecule is [C-]#[N+]CCc1c(F)cc(C)cc1OC. The van der Waals surface area contributed by atoms with Gasteiger partial charge in [0.15, 0.2) is 0 Å². The first-order valence-electron chi connectivity index (χ1n) is 4.35. The minimum Gasteiger partial charge on any atom is -0.496 e. The predicted octanol–water partition coefficient (Wildman–Crippen LogP) is 2.60. The van der Waals surface area contributed by atoms with Crippen molar-refractivity contribution in [2.75, 3.05) is 13.7 Å². The van der Waals surface area contributed by atoms with Crippen molar-refractivity contribution in [1.29, 1.82) is 0 Å². The Balaban J connectivity index is 3.06. The third kappa shape index (κ3) is 2.23. The molecule has 0 aliphatic carbocycles. The van der Waals surface area contributed by atoms with Crippen LogP contribution in [0.4, 0.5) is 4.39 Å². The molecule has 0 spiro atoms. The van der Waals surface area contributed by atoms with Crippen LogP contribution in [-0.4, -0.2) is 13.7 Å². The third-order valence-electron chi connectivity index (χ3n) is 1.99. The van der Waals surface area contributed by atoms with Crippen molar-refractivity contribution in [3.05, 3.63) is 40.5 Å². The third-order valence-corrected chi connectivity index (χ3v) is 1.99. The lowest BCUT2D eigenvalue weighted by Crippen LogP contribution is -1.98. The van der Waals surface area contributed by atoms with Gasteiger partial charge in [0.05, 0.1) is 13.5 Å². The summed E-state index contributed by atoms with van der Waals surface area (Å²) in [6.07, 6.45) is 0.402. The van der Waals surface area contributed by atoms with Crippen molar-refractivity contribution < 1.29 is 9.13 Å². The van der Waals surface area contributed by atoms with E-state index >= 15 is 0 Å². The largest absolute Gasteiger partial charge is 0.496 e. The Kier molecular flexibility index (Phi) is 3.47. The van der Waals surface area contributed by atoms with Crippen molar-refractivity contribution in [3.8, 4) is 5.75 Å². The Bertz CT molecular complexity index is 368. The molecule has 0 amide bonds. The highest BCUT2D eigenvalue weighted by molar-refractivity contribution is 5.38. The highest BCUT2D eigenvalue weighted by Crippen LogP contribution is 2.23. The molecule has 0 radical (unpaired) electrons. The Morgan fingerprint density at radius 1 is 1.50 bits per heavy atom. The van der Waals surface area contributed by atoms with Crippen LogP contribution in [0.15, 0.2) is 12.1 Å². The van der Waals surface area contributed by atoms with Crippen molar-refractivity contribution >= 4 is 0 Å². The van der Waals surface area contributed by atoms with Crippen LogP contribution in [0.5, 0.6) is 5.75 Å². The molecule has 3 heteroatoms. The van der Waals surface area contributed by atoms with Crippen LogP contribution in [-0.2, 0) is 6.42 Å². The molecule has 1 rings (SSSR count). The second kappa shape index (κ2) is 4.61. The molecule has 1 aromatic carbocycles. The molecule has 0 fully saturated rings. The number of nitrogens with zero attached hydrogens (tertiary/aromatic N) is 1. The van der Waals surface area contributed by atoms with Crippen LogP contribution in [0.25, 0.3) is 4.85 Å². The monoisotopic (exact) mass is 193 g/mol. The van der Waals surface area contributed by atoms with E-state index in [9.17, 15) is 4.39 Å². The standard InChI is InChI=1S/C11H12FNO/c1-8-6-10(12)9(4-5-13-2)11(7-8)14-3/h6-7H,4-5H2,1,3H3. The van der Waals surface area contributed by atoms with Gasteiger partial charge in [0, 0.05) is 5.56 Å². The molecule has 0 heterocycles. The Morgan fingerprint density at radius 2 is 2.21 bits per heavy atom. The fourth-order valence-electron chi connectivity index (χ4n) is 1.33. The minimum atomic E-state index is -0.287. The lowest BCUT2D eigenvalue weighted by Gasteiger charge is -2.08. The van der Waals surface area contributed by atoms with Crippen LogP contribution in [0.3, 0.4) is 0 Å². The van der Waals surface area contributed by atoms with Crippen LogP contribution in [0.2, 0.25) is 0 Å². The van der Waals surface area contributed by atoms with Gasteiger partial charge < -0.3 is 9.58 Å². The Hall–Kier alpha value is -1.56. The summed E-state index contributed by atoms with van der Waals surface area (Å²) in [5.41, 5.74) is 1.32. The van der Waals surface area contributed by atoms with Gasteiger partial charge in [0.1, 0.15) is 11.6 Å². The number of hydrogen-bond donors (Lipinski definition) is 0. The molecule has 0 aromatic heterocycles. The van der Waals surface area contributed by atoms with Crippen molar-refractivity contribution in [1.82, 2.24) is 0 Å². The average molecular weight is 193 g/mol. The van der Waals surface area contributed by atoms with Crippen LogP contribution >= 0.6 is 0 Å². The number of methoxy groups -OCH3 is 1. The number of benzene rings is 1. The highest BCUT2D eigenvalue weighted by atomic mass is 19.1. The summed E-state index contributed by atoms with van der Waals surface area (Å²) in [7, 11) is 1.51. The normalized spacial score (nSPS) is 9.57. The average Bonchev–Trinajstić information content (AvgIpc) is 2.15. The van der Waals surface area contributed by atoms with E-state index in [1.807, 2.05) is 6.92 Å². The molecular weight excluding hydrogens is 181 g/mol. The molecule has 0 atom stereocenters. The summed E-state index contributed by atoms with van der Waals surface area (Å²) in [6.45, 7) is 8.75. The second-order valence-corrected chi connectivity index (χ2v) is 3.06. The number of halogens is 1. The molecule has 74 valence electrons. The highest BCUT2D eigenvalue weighted by Gasteiger charge is 2.11. The van der Waals surface area contributed by atoms with E-state index in [0.29, 0.717) is 17.7 Å². The van der Waals surface area contributed by atoms with Gasteiger partial charge in [0.2, 0.25) is 6.54 Å². The maximum absolute atomic E-state index is 13.4. The predicted molar refractivity (Wildman–Crippen MR) is 52.9 cm³/mol. The molecule has 14 heavy (non-hydrogen) atoms. The summed E-state index contributed by atoms with van der Waals surface area (Å²) >= 11 is 0. The maximum Gasteiger partial charge on any atom is 0.218 e. The first-order chi connectivity index (χ1) is 6.69. The van der Waals surface area contributed by atoms with E-state index < -0.39 is 0 Å². The lowest BCUT2D eigenvalue weighted by atomic mass is 10.1. The summed E-state index contributed by atoms with van der Waals surface area (Å²) in [5, 5.41) is 0. The molecular formula is C11H12FNO. The van der Waals surface area contributed by atoms with E-state index in [-0.39, 0.29) is 12.4 Å². The number of rotatable bonds is 3. The zero-order valence-corrected chi connectivity index (χ0v) is 8.30. The van der Waals surface area contributed by atoms with Crippen molar-refractivity contribution in [2.24, 2.45) is 0 Å². The summed E-state index contributed by atoms with van der Waals surface area (Å²) in [5.74, 6) is 0.247. The molecule has 0 saturated carbocycles. The van der Waals surface area contributed by atoms with E-state index in [1.165, 1.54) is 13.2 Å². The fraction of sp³-hybridized carbons (Fsp3) is 0.364. The number of aryl methyl sites for hydroxylation is 1. The van der Waals surface area contributed by atoms with Gasteiger partial charge in [0.25, 0.3) is 0 Å². The molecule has 0 bridgehead atoms. The van der Waals surface area contributed by atoms with Gasteiger partial charge >= 0.3 is 0 Å². The first-order valence-corrected chi connectivity index (χ1v) is 4.35. The Morgan fingerprint density at radius 3 is 2.79 bits per heavy atom. The van der Waals surface area contributed by atoms with Gasteiger partial charge in [-0.15, -0.1) is 0 Å². The number of ether oxygens (including phenoxy) is 1. The molecule has 0 aliphatic heterocycles. The summed E-state index contributed by atoms with van der Waals surface area (Å²) < 4.78 is 18.5. The zero-order valence-electron chi connectivity index (χ0n) is 8.30. The molecule has 2 nitrogen and oxygen atoms in total. The van der Waals surface area contributed by atoms with E-state index in [2.05, 4.69) is 4.85 Å². The lowest BCUT2D eigenvalue weighted by molar-refractivity contribution is 0.404. The van der Waals surface area contributed by atoms with E-state index in [4.69, 9.17) is 11.3 Å². The second-order valence-electron chi connectivity index (χ2n) is 3.06. The number of hydrogen-bond acceptors (Lipinski definition) is 1. The summed E-state index contributed by atoms with van der Waals surface area (Å²) in [6, 6.07) is 3.24. The van der Waals surface area contributed by atoms with Crippen molar-refractivity contribution in [2.45, 2.75) is 13.3 Å². The molecule has 1 aromatic rings. The topological polar surface area (TPSA) is 13.6 Å². The fourth-order valence-corrected chi connectivity index (χ4v) is 1.33. The van der Waals surface area contributed by atoms with Crippen LogP contribution in [0.1, 0.15) is 11.1 Å². The van der Waals surface area contributed by atoms with E-state index in [0.717, 1.165) is 5.56 Å². The van der Waals surface area contributed by atoms with Gasteiger partial charge in [-0.25, -0.2) is 11.0 Å². The quantitative estimate of drug-likeness (QED) is 0.673. The van der Waals surface area contributed by atoms with E-state index in [1.54, 1.807) is 6.07 Å².